The normalized spacial score (nSPS) is 19.5. The minimum absolute atomic E-state index is 0.0529. The zero-order valence-corrected chi connectivity index (χ0v) is 14.5. The Morgan fingerprint density at radius 3 is 2.62 bits per heavy atom. The van der Waals surface area contributed by atoms with Gasteiger partial charge in [-0.05, 0) is 24.6 Å². The molecule has 26 heavy (non-hydrogen) atoms. The van der Waals surface area contributed by atoms with E-state index < -0.39 is 0 Å². The van der Waals surface area contributed by atoms with Crippen LogP contribution in [0.2, 0.25) is 0 Å². The van der Waals surface area contributed by atoms with E-state index in [1.807, 2.05) is 30.3 Å². The van der Waals surface area contributed by atoms with E-state index in [1.165, 1.54) is 0 Å². The summed E-state index contributed by atoms with van der Waals surface area (Å²) in [5.74, 6) is 2.62. The first kappa shape index (κ1) is 16.5. The summed E-state index contributed by atoms with van der Waals surface area (Å²) in [6.45, 7) is 0. The molecule has 4 rings (SSSR count). The predicted molar refractivity (Wildman–Crippen MR) is 93.4 cm³/mol. The van der Waals surface area contributed by atoms with Gasteiger partial charge in [0.15, 0.2) is 0 Å². The van der Waals surface area contributed by atoms with Crippen molar-refractivity contribution >= 4 is 0 Å². The van der Waals surface area contributed by atoms with Crippen LogP contribution in [-0.4, -0.2) is 29.3 Å². The lowest BCUT2D eigenvalue weighted by Gasteiger charge is -2.15. The van der Waals surface area contributed by atoms with Crippen molar-refractivity contribution < 1.29 is 14.0 Å². The van der Waals surface area contributed by atoms with E-state index in [2.05, 4.69) is 26.0 Å². The second-order valence-electron chi connectivity index (χ2n) is 5.93. The van der Waals surface area contributed by atoms with E-state index in [-0.39, 0.29) is 12.1 Å². The highest BCUT2D eigenvalue weighted by Crippen LogP contribution is 2.36. The minimum atomic E-state index is -0.0881. The van der Waals surface area contributed by atoms with Gasteiger partial charge in [-0.3, -0.25) is 4.98 Å². The van der Waals surface area contributed by atoms with Gasteiger partial charge in [0.05, 0.1) is 20.3 Å². The number of aromatic nitrogens is 3. The maximum absolute atomic E-state index is 5.50. The quantitative estimate of drug-likeness (QED) is 0.722. The molecule has 0 radical (unpaired) electrons. The average molecular weight is 353 g/mol. The summed E-state index contributed by atoms with van der Waals surface area (Å²) < 4.78 is 16.2. The van der Waals surface area contributed by atoms with Crippen molar-refractivity contribution in [3.8, 4) is 22.9 Å². The van der Waals surface area contributed by atoms with E-state index in [4.69, 9.17) is 14.0 Å². The van der Waals surface area contributed by atoms with Crippen LogP contribution in [0.5, 0.6) is 11.5 Å². The van der Waals surface area contributed by atoms with Gasteiger partial charge in [0.25, 0.3) is 0 Å². The highest BCUT2D eigenvalue weighted by molar-refractivity contribution is 5.52. The second kappa shape index (κ2) is 7.11. The number of benzene rings is 1. The van der Waals surface area contributed by atoms with Crippen molar-refractivity contribution in [3.63, 3.8) is 0 Å². The second-order valence-corrected chi connectivity index (χ2v) is 5.93. The van der Waals surface area contributed by atoms with Crippen LogP contribution in [0.25, 0.3) is 11.4 Å². The number of hydrazine groups is 1. The average Bonchev–Trinajstić information content (AvgIpc) is 3.37. The molecule has 8 nitrogen and oxygen atoms in total. The fourth-order valence-corrected chi connectivity index (χ4v) is 3.02. The van der Waals surface area contributed by atoms with E-state index in [0.717, 1.165) is 29.0 Å². The molecule has 0 saturated carbocycles. The van der Waals surface area contributed by atoms with Gasteiger partial charge in [0.2, 0.25) is 11.7 Å². The van der Waals surface area contributed by atoms with Gasteiger partial charge in [0.1, 0.15) is 17.5 Å². The van der Waals surface area contributed by atoms with Crippen molar-refractivity contribution in [2.24, 2.45) is 0 Å². The molecular weight excluding hydrogens is 334 g/mol. The van der Waals surface area contributed by atoms with Crippen molar-refractivity contribution in [1.29, 1.82) is 0 Å². The molecule has 3 heterocycles. The molecule has 1 aliphatic rings. The summed E-state index contributed by atoms with van der Waals surface area (Å²) in [4.78, 5) is 8.50. The molecular formula is C18H19N5O3. The summed E-state index contributed by atoms with van der Waals surface area (Å²) in [5.41, 5.74) is 8.40. The first-order chi connectivity index (χ1) is 12.8. The third-order valence-electron chi connectivity index (χ3n) is 4.40. The van der Waals surface area contributed by atoms with Gasteiger partial charge >= 0.3 is 0 Å². The van der Waals surface area contributed by atoms with Gasteiger partial charge in [0, 0.05) is 29.6 Å². The van der Waals surface area contributed by atoms with E-state index in [1.54, 1.807) is 26.6 Å². The predicted octanol–water partition coefficient (Wildman–Crippen LogP) is 2.43. The van der Waals surface area contributed by atoms with Gasteiger partial charge in [-0.1, -0.05) is 11.2 Å². The number of nitrogens with zero attached hydrogens (tertiary/aromatic N) is 3. The third-order valence-corrected chi connectivity index (χ3v) is 4.40. The molecule has 1 aromatic carbocycles. The van der Waals surface area contributed by atoms with Crippen LogP contribution >= 0.6 is 0 Å². The zero-order valence-electron chi connectivity index (χ0n) is 14.5. The van der Waals surface area contributed by atoms with Crippen molar-refractivity contribution in [2.45, 2.75) is 18.5 Å². The Balaban J connectivity index is 1.52. The van der Waals surface area contributed by atoms with Gasteiger partial charge in [-0.25, -0.2) is 10.9 Å². The Morgan fingerprint density at radius 2 is 1.85 bits per heavy atom. The number of hydrogen-bond donors (Lipinski definition) is 2. The number of pyridine rings is 1. The molecule has 0 spiro atoms. The smallest absolute Gasteiger partial charge is 0.245 e. The summed E-state index contributed by atoms with van der Waals surface area (Å²) in [6.07, 6.45) is 4.15. The topological polar surface area (TPSA) is 94.3 Å². The fraction of sp³-hybridized carbons (Fsp3) is 0.278. The van der Waals surface area contributed by atoms with Crippen LogP contribution < -0.4 is 20.3 Å². The molecule has 0 bridgehead atoms. The fourth-order valence-electron chi connectivity index (χ4n) is 3.02. The number of hydrogen-bond acceptors (Lipinski definition) is 8. The molecule has 2 aromatic heterocycles. The number of methoxy groups -OCH3 is 2. The van der Waals surface area contributed by atoms with Crippen LogP contribution in [0, 0.1) is 0 Å². The maximum atomic E-state index is 5.50. The van der Waals surface area contributed by atoms with Crippen molar-refractivity contribution in [3.05, 3.63) is 54.2 Å². The lowest BCUT2D eigenvalue weighted by atomic mass is 10.0. The molecule has 2 atom stereocenters. The molecule has 0 aliphatic carbocycles. The number of nitrogens with one attached hydrogen (secondary N) is 2. The lowest BCUT2D eigenvalue weighted by Crippen LogP contribution is -2.27. The summed E-state index contributed by atoms with van der Waals surface area (Å²) >= 11 is 0. The van der Waals surface area contributed by atoms with Crippen molar-refractivity contribution in [2.75, 3.05) is 14.2 Å². The highest BCUT2D eigenvalue weighted by atomic mass is 16.5. The van der Waals surface area contributed by atoms with Gasteiger partial charge < -0.3 is 14.0 Å². The monoisotopic (exact) mass is 353 g/mol. The largest absolute Gasteiger partial charge is 0.497 e. The maximum Gasteiger partial charge on any atom is 0.245 e. The molecule has 134 valence electrons. The van der Waals surface area contributed by atoms with Gasteiger partial charge in [-0.15, -0.1) is 0 Å². The first-order valence-electron chi connectivity index (χ1n) is 8.25. The van der Waals surface area contributed by atoms with Crippen LogP contribution in [0.3, 0.4) is 0 Å². The first-order valence-corrected chi connectivity index (χ1v) is 8.25. The zero-order chi connectivity index (χ0) is 17.9. The highest BCUT2D eigenvalue weighted by Gasteiger charge is 2.32. The van der Waals surface area contributed by atoms with Gasteiger partial charge in [-0.2, -0.15) is 4.98 Å². The molecule has 3 aromatic rings. The summed E-state index contributed by atoms with van der Waals surface area (Å²) in [5, 5.41) is 4.06. The van der Waals surface area contributed by atoms with E-state index >= 15 is 0 Å². The molecule has 8 heteroatoms. The Morgan fingerprint density at radius 1 is 1.04 bits per heavy atom. The molecule has 1 saturated heterocycles. The van der Waals surface area contributed by atoms with Crippen molar-refractivity contribution in [1.82, 2.24) is 26.0 Å². The van der Waals surface area contributed by atoms with Crippen LogP contribution in [-0.2, 0) is 0 Å². The number of ether oxygens (including phenoxy) is 2. The molecule has 1 fully saturated rings. The molecule has 2 unspecified atom stereocenters. The Kier molecular flexibility index (Phi) is 4.51. The summed E-state index contributed by atoms with van der Waals surface area (Å²) in [7, 11) is 3.28. The molecule has 2 N–H and O–H groups in total. The number of rotatable bonds is 5. The lowest BCUT2D eigenvalue weighted by molar-refractivity contribution is 0.340. The third kappa shape index (κ3) is 3.12. The molecule has 0 amide bonds. The Hall–Kier alpha value is -2.97. The SMILES string of the molecule is COc1ccc(C2CC(c3nc(-c4ccncc4)no3)NN2)c(OC)c1. The van der Waals surface area contributed by atoms with E-state index in [0.29, 0.717) is 11.7 Å². The summed E-state index contributed by atoms with van der Waals surface area (Å²) in [6, 6.07) is 9.45. The van der Waals surface area contributed by atoms with E-state index in [9.17, 15) is 0 Å². The minimum Gasteiger partial charge on any atom is -0.497 e. The van der Waals surface area contributed by atoms with Crippen LogP contribution in [0.1, 0.15) is 30.0 Å². The van der Waals surface area contributed by atoms with Crippen LogP contribution in [0.4, 0.5) is 0 Å². The Labute approximate surface area is 150 Å². The molecule has 1 aliphatic heterocycles. The standard InChI is InChI=1S/C18H19N5O3/c1-24-12-3-4-13(16(9-12)25-2)14-10-15(22-21-14)18-20-17(23-26-18)11-5-7-19-8-6-11/h3-9,14-15,21-22H,10H2,1-2H3. The van der Waals surface area contributed by atoms with Crippen LogP contribution in [0.15, 0.2) is 47.2 Å². The Bertz CT molecular complexity index is 884.